The zero-order chi connectivity index (χ0) is 35.8. The zero-order valence-corrected chi connectivity index (χ0v) is 34.3. The number of rotatable bonds is 21. The van der Waals surface area contributed by atoms with Gasteiger partial charge in [-0.15, -0.1) is 6.58 Å². The van der Waals surface area contributed by atoms with Crippen molar-refractivity contribution in [3.05, 3.63) is 12.7 Å². The second-order valence-electron chi connectivity index (χ2n) is 18.5. The molecule has 4 rings (SSSR count). The van der Waals surface area contributed by atoms with Crippen LogP contribution in [-0.2, 0) is 0 Å². The van der Waals surface area contributed by atoms with Crippen LogP contribution in [0.5, 0.6) is 0 Å². The second-order valence-corrected chi connectivity index (χ2v) is 18.5. The van der Waals surface area contributed by atoms with Crippen LogP contribution in [0.4, 0.5) is 0 Å². The Hall–Kier alpha value is -0.460. The second kappa shape index (κ2) is 18.5. The monoisotopic (exact) mass is 684 g/mol. The molecule has 4 fully saturated rings. The first-order chi connectivity index (χ1) is 23.4. The minimum absolute atomic E-state index is 0.0233. The van der Waals surface area contributed by atoms with E-state index >= 15 is 0 Å². The lowest BCUT2D eigenvalue weighted by Crippen LogP contribution is -2.68. The fourth-order valence-electron chi connectivity index (χ4n) is 12.7. The minimum atomic E-state index is -0.0233. The van der Waals surface area contributed by atoms with Crippen molar-refractivity contribution in [2.24, 2.45) is 46.2 Å². The van der Waals surface area contributed by atoms with E-state index < -0.39 is 0 Å². The molecule has 4 saturated carbocycles. The van der Waals surface area contributed by atoms with Gasteiger partial charge in [0.05, 0.1) is 0 Å². The first-order valence-electron chi connectivity index (χ1n) is 21.8. The van der Waals surface area contributed by atoms with Crippen LogP contribution in [-0.4, -0.2) is 78.8 Å². The van der Waals surface area contributed by atoms with Gasteiger partial charge >= 0.3 is 0 Å². The Kier molecular flexibility index (Phi) is 15.6. The number of unbranched alkanes of at least 4 members (excludes halogenated alkanes) is 1. The molecule has 0 heterocycles. The van der Waals surface area contributed by atoms with Gasteiger partial charge in [-0.2, -0.15) is 0 Å². The highest BCUT2D eigenvalue weighted by atomic mass is 15.2. The van der Waals surface area contributed by atoms with Gasteiger partial charge in [-0.05, 0) is 157 Å². The van der Waals surface area contributed by atoms with Crippen molar-refractivity contribution < 1.29 is 0 Å². The lowest BCUT2D eigenvalue weighted by atomic mass is 9.42. The molecule has 0 aromatic rings. The van der Waals surface area contributed by atoms with E-state index in [4.69, 9.17) is 5.73 Å². The topological polar surface area (TPSA) is 56.6 Å². The van der Waals surface area contributed by atoms with Gasteiger partial charge in [-0.25, -0.2) is 0 Å². The highest BCUT2D eigenvalue weighted by Crippen LogP contribution is 2.68. The fourth-order valence-corrected chi connectivity index (χ4v) is 12.7. The Morgan fingerprint density at radius 3 is 2.31 bits per heavy atom. The molecule has 12 atom stereocenters. The largest absolute Gasteiger partial charge is 0.325 e. The van der Waals surface area contributed by atoms with Crippen LogP contribution in [0, 0.1) is 40.4 Å². The van der Waals surface area contributed by atoms with E-state index in [9.17, 15) is 0 Å². The minimum Gasteiger partial charge on any atom is -0.325 e. The van der Waals surface area contributed by atoms with Gasteiger partial charge in [0, 0.05) is 49.3 Å². The number of nitrogens with zero attached hydrogens (tertiary/aromatic N) is 2. The Balaban J connectivity index is 1.31. The van der Waals surface area contributed by atoms with E-state index in [1.165, 1.54) is 110 Å². The Labute approximate surface area is 306 Å². The van der Waals surface area contributed by atoms with Crippen LogP contribution < -0.4 is 16.4 Å². The molecule has 0 saturated heterocycles. The molecule has 0 radical (unpaired) electrons. The Bertz CT molecular complexity index is 986. The quantitative estimate of drug-likeness (QED) is 0.105. The maximum atomic E-state index is 7.63. The predicted octanol–water partition coefficient (Wildman–Crippen LogP) is 9.27. The maximum absolute atomic E-state index is 7.63. The van der Waals surface area contributed by atoms with E-state index in [0.29, 0.717) is 35.0 Å². The average molecular weight is 684 g/mol. The molecule has 5 nitrogen and oxygen atoms in total. The Morgan fingerprint density at radius 1 is 0.857 bits per heavy atom. The molecule has 4 aliphatic rings. The zero-order valence-electron chi connectivity index (χ0n) is 34.3. The van der Waals surface area contributed by atoms with E-state index in [1.54, 1.807) is 0 Å². The molecule has 0 amide bonds. The summed E-state index contributed by atoms with van der Waals surface area (Å²) in [6, 6.07) is 2.07. The summed E-state index contributed by atoms with van der Waals surface area (Å²) in [7, 11) is 0. The summed E-state index contributed by atoms with van der Waals surface area (Å²) in [5.74, 6) is 4.36. The normalized spacial score (nSPS) is 36.9. The number of allylic oxidation sites excluding steroid dienone is 1. The van der Waals surface area contributed by atoms with Gasteiger partial charge in [-0.1, -0.05) is 67.4 Å². The smallest absolute Gasteiger partial charge is 0.0247 e. The summed E-state index contributed by atoms with van der Waals surface area (Å²) >= 11 is 0. The fraction of sp³-hybridized carbons (Fsp3) is 0.955. The van der Waals surface area contributed by atoms with E-state index in [-0.39, 0.29) is 5.54 Å². The lowest BCUT2D eigenvalue weighted by Gasteiger charge is -2.65. The number of hydrogen-bond donors (Lipinski definition) is 3. The molecular formula is C44H85N5. The van der Waals surface area contributed by atoms with Crippen LogP contribution >= 0.6 is 0 Å². The van der Waals surface area contributed by atoms with E-state index in [1.807, 2.05) is 0 Å². The summed E-state index contributed by atoms with van der Waals surface area (Å²) in [6.07, 6.45) is 21.9. The predicted molar refractivity (Wildman–Crippen MR) is 214 cm³/mol. The highest BCUT2D eigenvalue weighted by Gasteiger charge is 2.64. The summed E-state index contributed by atoms with van der Waals surface area (Å²) in [5, 5.41) is 8.14. The first kappa shape index (κ1) is 41.3. The number of nitrogens with one attached hydrogen (secondary N) is 2. The van der Waals surface area contributed by atoms with Crippen LogP contribution in [0.2, 0.25) is 0 Å². The molecule has 0 aromatic carbocycles. The van der Waals surface area contributed by atoms with Gasteiger partial charge in [0.1, 0.15) is 0 Å². The van der Waals surface area contributed by atoms with Crippen LogP contribution in [0.25, 0.3) is 0 Å². The third-order valence-corrected chi connectivity index (χ3v) is 15.8. The third kappa shape index (κ3) is 9.20. The molecule has 0 bridgehead atoms. The number of fused-ring (bicyclic) bond motifs is 5. The highest BCUT2D eigenvalue weighted by molar-refractivity contribution is 5.17. The van der Waals surface area contributed by atoms with Gasteiger partial charge in [0.25, 0.3) is 0 Å². The molecule has 4 aliphatic carbocycles. The van der Waals surface area contributed by atoms with Crippen molar-refractivity contribution in [3.8, 4) is 0 Å². The van der Waals surface area contributed by atoms with Crippen molar-refractivity contribution >= 4 is 0 Å². The molecular weight excluding hydrogens is 599 g/mol. The lowest BCUT2D eigenvalue weighted by molar-refractivity contribution is -0.129. The van der Waals surface area contributed by atoms with Gasteiger partial charge in [0.2, 0.25) is 0 Å². The van der Waals surface area contributed by atoms with E-state index in [2.05, 4.69) is 95.4 Å². The average Bonchev–Trinajstić information content (AvgIpc) is 3.44. The third-order valence-electron chi connectivity index (χ3n) is 15.8. The molecule has 286 valence electrons. The van der Waals surface area contributed by atoms with E-state index in [0.717, 1.165) is 55.6 Å². The molecule has 12 unspecified atom stereocenters. The molecule has 0 aromatic heterocycles. The SMILES string of the molecule is C=CCCC(C)C1CCC2C3CCC4(N)CC(NC(C)CNC(C)C(CCCC)N(CC)CCN(CC)CCC)CCC4(C)C3CCC12C. The van der Waals surface area contributed by atoms with Crippen molar-refractivity contribution in [2.45, 2.75) is 188 Å². The van der Waals surface area contributed by atoms with Crippen LogP contribution in [0.15, 0.2) is 12.7 Å². The van der Waals surface area contributed by atoms with Crippen molar-refractivity contribution in [1.82, 2.24) is 20.4 Å². The summed E-state index contributed by atoms with van der Waals surface area (Å²) in [5.41, 5.74) is 8.44. The molecule has 0 aliphatic heterocycles. The standard InChI is InChI=1S/C44H85N5/c1-11-16-18-33(6)38-20-21-39-37-23-27-44(45)31-36(22-26-43(44,10)40(37)24-25-42(38,39)9)47-34(7)32-46-35(8)41(19-17-12-2)49(15-5)30-29-48(14-4)28-13-3/h11,33-41,46-47H,1,12-32,45H2,2-10H3. The van der Waals surface area contributed by atoms with Gasteiger partial charge in [0.15, 0.2) is 0 Å². The van der Waals surface area contributed by atoms with Gasteiger partial charge < -0.3 is 21.3 Å². The van der Waals surface area contributed by atoms with Crippen LogP contribution in [0.1, 0.15) is 159 Å². The summed E-state index contributed by atoms with van der Waals surface area (Å²) in [4.78, 5) is 5.39. The first-order valence-corrected chi connectivity index (χ1v) is 21.8. The molecule has 4 N–H and O–H groups in total. The van der Waals surface area contributed by atoms with Crippen molar-refractivity contribution in [2.75, 3.05) is 39.3 Å². The number of hydrogen-bond acceptors (Lipinski definition) is 5. The maximum Gasteiger partial charge on any atom is 0.0247 e. The number of nitrogens with two attached hydrogens (primary N) is 1. The van der Waals surface area contributed by atoms with Crippen LogP contribution in [0.3, 0.4) is 0 Å². The summed E-state index contributed by atoms with van der Waals surface area (Å²) in [6.45, 7) is 33.0. The Morgan fingerprint density at radius 2 is 1.63 bits per heavy atom. The number of likely N-dealkylation sites (N-methyl/N-ethyl adjacent to an activating group) is 2. The molecule has 5 heteroatoms. The molecule has 0 spiro atoms. The molecule has 49 heavy (non-hydrogen) atoms. The van der Waals surface area contributed by atoms with Crippen molar-refractivity contribution in [1.29, 1.82) is 0 Å². The van der Waals surface area contributed by atoms with Crippen molar-refractivity contribution in [3.63, 3.8) is 0 Å². The summed E-state index contributed by atoms with van der Waals surface area (Å²) < 4.78 is 0. The van der Waals surface area contributed by atoms with Gasteiger partial charge in [-0.3, -0.25) is 4.90 Å².